The highest BCUT2D eigenvalue weighted by Crippen LogP contribution is 2.19. The number of hydrogen-bond acceptors (Lipinski definition) is 3. The molecule has 2 rings (SSSR count). The van der Waals surface area contributed by atoms with Gasteiger partial charge in [0.2, 0.25) is 11.8 Å². The minimum atomic E-state index is -0.557. The van der Waals surface area contributed by atoms with Crippen molar-refractivity contribution in [1.82, 2.24) is 10.6 Å². The van der Waals surface area contributed by atoms with Crippen molar-refractivity contribution in [2.75, 3.05) is 6.54 Å². The third-order valence-corrected chi connectivity index (χ3v) is 5.48. The number of carbonyl (C=O) groups excluding carboxylic acids is 2. The van der Waals surface area contributed by atoms with Crippen LogP contribution in [0.25, 0.3) is 0 Å². The van der Waals surface area contributed by atoms with Crippen LogP contribution in [0.15, 0.2) is 71.0 Å². The molecule has 4 nitrogen and oxygen atoms in total. The van der Waals surface area contributed by atoms with Crippen LogP contribution >= 0.6 is 11.8 Å². The summed E-state index contributed by atoms with van der Waals surface area (Å²) in [5.74, 6) is 0.135. The lowest BCUT2D eigenvalue weighted by Crippen LogP contribution is -2.46. The topological polar surface area (TPSA) is 58.2 Å². The van der Waals surface area contributed by atoms with Gasteiger partial charge in [-0.1, -0.05) is 73.6 Å². The van der Waals surface area contributed by atoms with E-state index >= 15 is 0 Å². The zero-order valence-corrected chi connectivity index (χ0v) is 18.9. The second-order valence-corrected chi connectivity index (χ2v) is 8.77. The molecule has 2 N–H and O–H groups in total. The molecule has 0 heterocycles. The van der Waals surface area contributed by atoms with E-state index in [-0.39, 0.29) is 11.8 Å². The number of benzene rings is 2. The molecule has 0 saturated heterocycles. The lowest BCUT2D eigenvalue weighted by Gasteiger charge is -2.18. The van der Waals surface area contributed by atoms with Gasteiger partial charge in [-0.2, -0.15) is 0 Å². The Balaban J connectivity index is 1.92. The van der Waals surface area contributed by atoms with Gasteiger partial charge in [-0.25, -0.2) is 0 Å². The predicted octanol–water partition coefficient (Wildman–Crippen LogP) is 4.88. The summed E-state index contributed by atoms with van der Waals surface area (Å²) < 4.78 is 0. The van der Waals surface area contributed by atoms with Crippen LogP contribution < -0.4 is 10.6 Å². The smallest absolute Gasteiger partial charge is 0.245 e. The van der Waals surface area contributed by atoms with E-state index in [1.165, 1.54) is 23.4 Å². The summed E-state index contributed by atoms with van der Waals surface area (Å²) in [5, 5.41) is 7.58. The highest BCUT2D eigenvalue weighted by Gasteiger charge is 2.19. The Bertz CT molecular complexity index is 817. The second-order valence-electron chi connectivity index (χ2n) is 7.79. The molecule has 1 atom stereocenters. The van der Waals surface area contributed by atoms with Gasteiger partial charge in [-0.15, -0.1) is 0 Å². The van der Waals surface area contributed by atoms with Crippen LogP contribution in [-0.4, -0.2) is 24.4 Å². The van der Waals surface area contributed by atoms with E-state index < -0.39 is 6.04 Å². The molecule has 0 bridgehead atoms. The maximum atomic E-state index is 12.7. The van der Waals surface area contributed by atoms with E-state index in [1.807, 2.05) is 61.5 Å². The van der Waals surface area contributed by atoms with Crippen LogP contribution in [0.2, 0.25) is 0 Å². The van der Waals surface area contributed by atoms with Gasteiger partial charge in [-0.3, -0.25) is 9.59 Å². The van der Waals surface area contributed by atoms with E-state index in [0.29, 0.717) is 18.9 Å². The Morgan fingerprint density at radius 3 is 2.37 bits per heavy atom. The van der Waals surface area contributed by atoms with Crippen molar-refractivity contribution in [2.24, 2.45) is 5.92 Å². The molecule has 2 amide bonds. The molecule has 30 heavy (non-hydrogen) atoms. The van der Waals surface area contributed by atoms with E-state index in [9.17, 15) is 9.59 Å². The molecule has 160 valence electrons. The van der Waals surface area contributed by atoms with Gasteiger partial charge in [0.15, 0.2) is 0 Å². The van der Waals surface area contributed by atoms with Crippen LogP contribution in [0.3, 0.4) is 0 Å². The highest BCUT2D eigenvalue weighted by molar-refractivity contribution is 8.02. The summed E-state index contributed by atoms with van der Waals surface area (Å²) in [5.41, 5.74) is 2.35. The quantitative estimate of drug-likeness (QED) is 0.399. The first-order valence-corrected chi connectivity index (χ1v) is 11.3. The van der Waals surface area contributed by atoms with Crippen molar-refractivity contribution in [3.63, 3.8) is 0 Å². The molecular weight excluding hydrogens is 392 g/mol. The summed E-state index contributed by atoms with van der Waals surface area (Å²) in [6.07, 6.45) is 3.69. The van der Waals surface area contributed by atoms with Crippen LogP contribution in [0.4, 0.5) is 0 Å². The highest BCUT2D eigenvalue weighted by atomic mass is 32.2. The van der Waals surface area contributed by atoms with E-state index in [2.05, 4.69) is 24.5 Å². The molecule has 0 spiro atoms. The Morgan fingerprint density at radius 2 is 1.70 bits per heavy atom. The van der Waals surface area contributed by atoms with Crippen molar-refractivity contribution in [1.29, 1.82) is 0 Å². The summed E-state index contributed by atoms with van der Waals surface area (Å²) in [4.78, 5) is 26.1. The number of hydrogen-bond donors (Lipinski definition) is 2. The first kappa shape index (κ1) is 23.7. The summed E-state index contributed by atoms with van der Waals surface area (Å²) >= 11 is 1.48. The third-order valence-electron chi connectivity index (χ3n) is 4.66. The fourth-order valence-electron chi connectivity index (χ4n) is 2.84. The molecule has 0 saturated carbocycles. The van der Waals surface area contributed by atoms with Gasteiger partial charge < -0.3 is 10.6 Å². The van der Waals surface area contributed by atoms with Gasteiger partial charge >= 0.3 is 0 Å². The maximum Gasteiger partial charge on any atom is 0.245 e. The number of nitrogens with one attached hydrogen (secondary N) is 2. The molecule has 0 aliphatic rings. The van der Waals surface area contributed by atoms with E-state index in [4.69, 9.17) is 0 Å². The molecule has 0 radical (unpaired) electrons. The minimum absolute atomic E-state index is 0.125. The van der Waals surface area contributed by atoms with Gasteiger partial charge in [0.25, 0.3) is 0 Å². The Morgan fingerprint density at radius 1 is 1.00 bits per heavy atom. The summed E-state index contributed by atoms with van der Waals surface area (Å²) in [6, 6.07) is 17.6. The molecular formula is C25H32N2O2S. The van der Waals surface area contributed by atoms with Crippen molar-refractivity contribution in [3.8, 4) is 0 Å². The molecule has 0 aromatic heterocycles. The zero-order valence-electron chi connectivity index (χ0n) is 18.1. The molecule has 2 aromatic carbocycles. The average Bonchev–Trinajstić information content (AvgIpc) is 2.73. The fourth-order valence-corrected chi connectivity index (χ4v) is 3.48. The standard InChI is InChI=1S/C25H32N2O2S/c1-19(2)15-17-26-25(29)23(14-11-21-7-5-4-6-8-21)27-24(28)16-18-30-22-12-9-20(3)10-13-22/h4-10,12-13,16,18-19,23H,11,14-15,17H2,1-3H3,(H,26,29)(H,27,28)/b18-16+. The SMILES string of the molecule is Cc1ccc(S/C=C/C(=O)NC(CCc2ccccc2)C(=O)NCCC(C)C)cc1. The number of aryl methyl sites for hydroxylation is 2. The second kappa shape index (κ2) is 12.9. The van der Waals surface area contributed by atoms with E-state index in [1.54, 1.807) is 5.41 Å². The first-order valence-electron chi connectivity index (χ1n) is 10.5. The lowest BCUT2D eigenvalue weighted by molar-refractivity contribution is -0.127. The largest absolute Gasteiger partial charge is 0.354 e. The van der Waals surface area contributed by atoms with Crippen molar-refractivity contribution in [3.05, 3.63) is 77.2 Å². The molecule has 0 fully saturated rings. The van der Waals surface area contributed by atoms with Gasteiger partial charge in [-0.05, 0) is 55.2 Å². The average molecular weight is 425 g/mol. The van der Waals surface area contributed by atoms with Crippen molar-refractivity contribution < 1.29 is 9.59 Å². The Labute approximate surface area is 184 Å². The maximum absolute atomic E-state index is 12.7. The number of amides is 2. The number of thioether (sulfide) groups is 1. The molecule has 5 heteroatoms. The van der Waals surface area contributed by atoms with Crippen molar-refractivity contribution >= 4 is 23.6 Å². The summed E-state index contributed by atoms with van der Waals surface area (Å²) in [7, 11) is 0. The minimum Gasteiger partial charge on any atom is -0.354 e. The van der Waals surface area contributed by atoms with Gasteiger partial charge in [0.05, 0.1) is 0 Å². The predicted molar refractivity (Wildman–Crippen MR) is 125 cm³/mol. The molecule has 0 aliphatic carbocycles. The van der Waals surface area contributed by atoms with Gasteiger partial charge in [0, 0.05) is 17.5 Å². The molecule has 1 unspecified atom stereocenters. The normalized spacial score (nSPS) is 12.1. The zero-order chi connectivity index (χ0) is 21.8. The van der Waals surface area contributed by atoms with E-state index in [0.717, 1.165) is 23.3 Å². The first-order chi connectivity index (χ1) is 14.4. The Hall–Kier alpha value is -2.53. The number of carbonyl (C=O) groups is 2. The number of rotatable bonds is 11. The van der Waals surface area contributed by atoms with Crippen molar-refractivity contribution in [2.45, 2.75) is 51.0 Å². The third kappa shape index (κ3) is 9.31. The van der Waals surface area contributed by atoms with Crippen LogP contribution in [0, 0.1) is 12.8 Å². The Kier molecular flexibility index (Phi) is 10.2. The van der Waals surface area contributed by atoms with Gasteiger partial charge in [0.1, 0.15) is 6.04 Å². The lowest BCUT2D eigenvalue weighted by atomic mass is 10.0. The fraction of sp³-hybridized carbons (Fsp3) is 0.360. The molecule has 0 aliphatic heterocycles. The van der Waals surface area contributed by atoms with Crippen LogP contribution in [0.5, 0.6) is 0 Å². The van der Waals surface area contributed by atoms with Crippen LogP contribution in [0.1, 0.15) is 37.8 Å². The summed E-state index contributed by atoms with van der Waals surface area (Å²) in [6.45, 7) is 6.90. The monoisotopic (exact) mass is 424 g/mol. The molecule has 2 aromatic rings. The van der Waals surface area contributed by atoms with Crippen LogP contribution in [-0.2, 0) is 16.0 Å².